The number of hydrogen-bond donors (Lipinski definition) is 3. The van der Waals surface area contributed by atoms with Gasteiger partial charge in [0.1, 0.15) is 17.4 Å². The van der Waals surface area contributed by atoms with E-state index in [1.54, 1.807) is 18.3 Å². The second kappa shape index (κ2) is 5.80. The lowest BCUT2D eigenvalue weighted by atomic mass is 10.0. The van der Waals surface area contributed by atoms with Crippen LogP contribution in [0.4, 0.5) is 10.2 Å². The van der Waals surface area contributed by atoms with Gasteiger partial charge in [-0.05, 0) is 31.2 Å². The first-order valence-electron chi connectivity index (χ1n) is 6.78. The Balaban J connectivity index is 1.99. The van der Waals surface area contributed by atoms with Crippen molar-refractivity contribution >= 4 is 5.82 Å². The zero-order chi connectivity index (χ0) is 15.5. The highest BCUT2D eigenvalue weighted by molar-refractivity contribution is 5.74. The number of phenolic OH excluding ortho intramolecular Hbond substituents is 1. The first-order chi connectivity index (χ1) is 10.7. The van der Waals surface area contributed by atoms with E-state index >= 15 is 0 Å². The molecule has 3 aromatic rings. The molecule has 0 saturated carbocycles. The highest BCUT2D eigenvalue weighted by Gasteiger charge is 2.14. The van der Waals surface area contributed by atoms with Crippen LogP contribution in [0.15, 0.2) is 36.7 Å². The van der Waals surface area contributed by atoms with Crippen molar-refractivity contribution in [2.45, 2.75) is 6.92 Å². The second-order valence-corrected chi connectivity index (χ2v) is 4.67. The van der Waals surface area contributed by atoms with Crippen LogP contribution < -0.4 is 5.32 Å². The van der Waals surface area contributed by atoms with E-state index in [0.717, 1.165) is 6.54 Å². The van der Waals surface area contributed by atoms with Gasteiger partial charge in [0.25, 0.3) is 0 Å². The van der Waals surface area contributed by atoms with Crippen molar-refractivity contribution < 1.29 is 9.50 Å². The van der Waals surface area contributed by atoms with Gasteiger partial charge in [0.05, 0.1) is 11.9 Å². The maximum atomic E-state index is 14.3. The van der Waals surface area contributed by atoms with Gasteiger partial charge < -0.3 is 10.4 Å². The summed E-state index contributed by atoms with van der Waals surface area (Å²) in [5.41, 5.74) is 1.53. The molecule has 6 nitrogen and oxygen atoms in total. The van der Waals surface area contributed by atoms with Crippen LogP contribution in [0.2, 0.25) is 0 Å². The van der Waals surface area contributed by atoms with Crippen LogP contribution in [0.1, 0.15) is 6.92 Å². The summed E-state index contributed by atoms with van der Waals surface area (Å²) in [4.78, 5) is 0. The van der Waals surface area contributed by atoms with Gasteiger partial charge in [0, 0.05) is 29.4 Å². The van der Waals surface area contributed by atoms with Crippen LogP contribution in [0.3, 0.4) is 0 Å². The highest BCUT2D eigenvalue weighted by Crippen LogP contribution is 2.34. The molecule has 0 amide bonds. The third-order valence-electron chi connectivity index (χ3n) is 3.19. The van der Waals surface area contributed by atoms with E-state index in [9.17, 15) is 9.50 Å². The second-order valence-electron chi connectivity index (χ2n) is 4.67. The number of H-pyrrole nitrogens is 1. The lowest BCUT2D eigenvalue weighted by Gasteiger charge is -2.08. The summed E-state index contributed by atoms with van der Waals surface area (Å²) in [6.45, 7) is 2.68. The predicted molar refractivity (Wildman–Crippen MR) is 80.8 cm³/mol. The van der Waals surface area contributed by atoms with E-state index in [1.807, 2.05) is 6.92 Å². The maximum absolute atomic E-state index is 14.3. The lowest BCUT2D eigenvalue weighted by molar-refractivity contribution is 0.475. The Hall–Kier alpha value is -2.96. The molecule has 0 fully saturated rings. The van der Waals surface area contributed by atoms with Crippen LogP contribution in [0, 0.1) is 5.82 Å². The summed E-state index contributed by atoms with van der Waals surface area (Å²) in [5.74, 6) is 0.0936. The molecule has 0 bridgehead atoms. The minimum Gasteiger partial charge on any atom is -0.507 e. The topological polar surface area (TPSA) is 86.7 Å². The van der Waals surface area contributed by atoms with Crippen molar-refractivity contribution in [2.24, 2.45) is 0 Å². The minimum atomic E-state index is -0.466. The lowest BCUT2D eigenvalue weighted by Crippen LogP contribution is -2.00. The number of hydrogen-bond acceptors (Lipinski definition) is 5. The SMILES string of the molecule is CCNc1ccc(-c2cc(F)c(-c3cn[nH]c3)cc2O)nn1. The molecule has 3 rings (SSSR count). The largest absolute Gasteiger partial charge is 0.507 e. The molecule has 22 heavy (non-hydrogen) atoms. The van der Waals surface area contributed by atoms with Gasteiger partial charge >= 0.3 is 0 Å². The number of aromatic amines is 1. The van der Waals surface area contributed by atoms with Gasteiger partial charge in [-0.3, -0.25) is 5.10 Å². The zero-order valence-corrected chi connectivity index (χ0v) is 11.8. The van der Waals surface area contributed by atoms with Crippen LogP contribution in [-0.4, -0.2) is 32.0 Å². The highest BCUT2D eigenvalue weighted by atomic mass is 19.1. The van der Waals surface area contributed by atoms with E-state index in [-0.39, 0.29) is 11.3 Å². The molecule has 0 saturated heterocycles. The Bertz CT molecular complexity index is 771. The summed E-state index contributed by atoms with van der Waals surface area (Å²) in [6.07, 6.45) is 3.05. The summed E-state index contributed by atoms with van der Waals surface area (Å²) in [5, 5.41) is 27.5. The predicted octanol–water partition coefficient (Wildman–Crippen LogP) is 2.81. The van der Waals surface area contributed by atoms with Gasteiger partial charge in [-0.15, -0.1) is 10.2 Å². The van der Waals surface area contributed by atoms with E-state index < -0.39 is 5.82 Å². The summed E-state index contributed by atoms with van der Waals surface area (Å²) in [6, 6.07) is 6.01. The first-order valence-corrected chi connectivity index (χ1v) is 6.78. The number of rotatable bonds is 4. The maximum Gasteiger partial charge on any atom is 0.148 e. The third-order valence-corrected chi connectivity index (χ3v) is 3.19. The number of aromatic hydroxyl groups is 1. The Kier molecular flexibility index (Phi) is 3.69. The van der Waals surface area contributed by atoms with Gasteiger partial charge in [0.15, 0.2) is 0 Å². The molecular weight excluding hydrogens is 285 g/mol. The summed E-state index contributed by atoms with van der Waals surface area (Å²) >= 11 is 0. The van der Waals surface area contributed by atoms with Crippen molar-refractivity contribution in [2.75, 3.05) is 11.9 Å². The molecule has 0 aliphatic heterocycles. The van der Waals surface area contributed by atoms with Crippen molar-refractivity contribution in [3.8, 4) is 28.1 Å². The minimum absolute atomic E-state index is 0.0666. The number of benzene rings is 1. The molecule has 0 radical (unpaired) electrons. The van der Waals surface area contributed by atoms with Crippen LogP contribution in [-0.2, 0) is 0 Å². The molecular formula is C15H14FN5O. The number of nitrogens with one attached hydrogen (secondary N) is 2. The summed E-state index contributed by atoms with van der Waals surface area (Å²) in [7, 11) is 0. The van der Waals surface area contributed by atoms with Gasteiger partial charge in [-0.2, -0.15) is 5.10 Å². The molecule has 7 heteroatoms. The van der Waals surface area contributed by atoms with Gasteiger partial charge in [0.2, 0.25) is 0 Å². The molecule has 3 N–H and O–H groups in total. The van der Waals surface area contributed by atoms with Crippen molar-refractivity contribution in [1.82, 2.24) is 20.4 Å². The molecule has 0 aliphatic rings. The van der Waals surface area contributed by atoms with Crippen LogP contribution in [0.25, 0.3) is 22.4 Å². The molecule has 1 aromatic carbocycles. The first kappa shape index (κ1) is 14.0. The monoisotopic (exact) mass is 299 g/mol. The number of halogens is 1. The fraction of sp³-hybridized carbons (Fsp3) is 0.133. The fourth-order valence-electron chi connectivity index (χ4n) is 2.14. The fourth-order valence-corrected chi connectivity index (χ4v) is 2.14. The van der Waals surface area contributed by atoms with E-state index in [1.165, 1.54) is 18.3 Å². The quantitative estimate of drug-likeness (QED) is 0.689. The van der Waals surface area contributed by atoms with Crippen molar-refractivity contribution in [3.63, 3.8) is 0 Å². The zero-order valence-electron chi connectivity index (χ0n) is 11.8. The van der Waals surface area contributed by atoms with Crippen LogP contribution in [0.5, 0.6) is 5.75 Å². The molecule has 2 aromatic heterocycles. The Morgan fingerprint density at radius 1 is 1.23 bits per heavy atom. The van der Waals surface area contributed by atoms with E-state index in [0.29, 0.717) is 22.6 Å². The van der Waals surface area contributed by atoms with E-state index in [2.05, 4.69) is 25.7 Å². The molecule has 0 atom stereocenters. The van der Waals surface area contributed by atoms with Crippen molar-refractivity contribution in [3.05, 3.63) is 42.5 Å². The Labute approximate surface area is 126 Å². The number of aromatic nitrogens is 4. The Morgan fingerprint density at radius 3 is 2.73 bits per heavy atom. The molecule has 2 heterocycles. The third kappa shape index (κ3) is 2.60. The normalized spacial score (nSPS) is 10.6. The van der Waals surface area contributed by atoms with Gasteiger partial charge in [-0.1, -0.05) is 0 Å². The number of phenols is 1. The van der Waals surface area contributed by atoms with Crippen LogP contribution >= 0.6 is 0 Å². The average molecular weight is 299 g/mol. The van der Waals surface area contributed by atoms with Crippen molar-refractivity contribution in [1.29, 1.82) is 0 Å². The number of anilines is 1. The van der Waals surface area contributed by atoms with Gasteiger partial charge in [-0.25, -0.2) is 4.39 Å². The molecule has 0 aliphatic carbocycles. The Morgan fingerprint density at radius 2 is 2.09 bits per heavy atom. The molecule has 0 unspecified atom stereocenters. The molecule has 0 spiro atoms. The average Bonchev–Trinajstić information content (AvgIpc) is 3.04. The van der Waals surface area contributed by atoms with E-state index in [4.69, 9.17) is 0 Å². The molecule has 112 valence electrons. The number of nitrogens with zero attached hydrogens (tertiary/aromatic N) is 3. The standard InChI is InChI=1S/C15H14FN5O/c1-2-17-15-4-3-13(20-21-15)11-5-12(16)10(6-14(11)22)9-7-18-19-8-9/h3-8,22H,2H2,1H3,(H,17,21)(H,18,19). The smallest absolute Gasteiger partial charge is 0.148 e. The summed E-state index contributed by atoms with van der Waals surface area (Å²) < 4.78 is 14.3.